The number of carbonyl (C=O) groups is 2. The molecule has 1 rings (SSSR count). The number of nitriles is 1. The molecule has 0 radical (unpaired) electrons. The SMILES string of the molecule is CC(C)CN(NC(=O)N(CCCNC(=O)OC(C)(C)C)C(C)(C)C)c1ccnc(C#N)n1. The van der Waals surface area contributed by atoms with E-state index in [1.165, 1.54) is 6.20 Å². The Labute approximate surface area is 191 Å². The largest absolute Gasteiger partial charge is 0.444 e. The summed E-state index contributed by atoms with van der Waals surface area (Å²) in [6, 6.07) is 3.27. The van der Waals surface area contributed by atoms with Gasteiger partial charge in [0.15, 0.2) is 5.82 Å². The van der Waals surface area contributed by atoms with E-state index in [1.807, 2.05) is 40.7 Å². The smallest absolute Gasteiger partial charge is 0.407 e. The molecule has 10 heteroatoms. The maximum atomic E-state index is 13.2. The molecule has 0 saturated heterocycles. The Morgan fingerprint density at radius 2 is 1.88 bits per heavy atom. The van der Waals surface area contributed by atoms with Crippen molar-refractivity contribution >= 4 is 17.9 Å². The van der Waals surface area contributed by atoms with Crippen LogP contribution in [0.1, 0.15) is 67.6 Å². The highest BCUT2D eigenvalue weighted by Gasteiger charge is 2.28. The van der Waals surface area contributed by atoms with Crippen LogP contribution < -0.4 is 15.8 Å². The Morgan fingerprint density at radius 3 is 2.41 bits per heavy atom. The lowest BCUT2D eigenvalue weighted by Gasteiger charge is -2.38. The predicted octanol–water partition coefficient (Wildman–Crippen LogP) is 3.45. The zero-order valence-corrected chi connectivity index (χ0v) is 20.5. The predicted molar refractivity (Wildman–Crippen MR) is 123 cm³/mol. The van der Waals surface area contributed by atoms with Crippen molar-refractivity contribution in [2.45, 2.75) is 73.0 Å². The Morgan fingerprint density at radius 1 is 1.22 bits per heavy atom. The van der Waals surface area contributed by atoms with Crippen molar-refractivity contribution in [2.75, 3.05) is 24.6 Å². The zero-order valence-electron chi connectivity index (χ0n) is 20.5. The minimum atomic E-state index is -0.562. The minimum Gasteiger partial charge on any atom is -0.444 e. The zero-order chi connectivity index (χ0) is 24.5. The molecule has 32 heavy (non-hydrogen) atoms. The summed E-state index contributed by atoms with van der Waals surface area (Å²) in [6.07, 6.45) is 1.56. The van der Waals surface area contributed by atoms with Crippen molar-refractivity contribution in [1.29, 1.82) is 5.26 Å². The summed E-state index contributed by atoms with van der Waals surface area (Å²) in [5.41, 5.74) is 1.89. The lowest BCUT2D eigenvalue weighted by Crippen LogP contribution is -2.56. The van der Waals surface area contributed by atoms with Crippen molar-refractivity contribution in [2.24, 2.45) is 5.92 Å². The van der Waals surface area contributed by atoms with Crippen molar-refractivity contribution in [1.82, 2.24) is 25.6 Å². The molecule has 178 valence electrons. The number of nitrogens with zero attached hydrogens (tertiary/aromatic N) is 5. The molecule has 0 aliphatic rings. The first-order chi connectivity index (χ1) is 14.7. The average Bonchev–Trinajstić information content (AvgIpc) is 2.64. The van der Waals surface area contributed by atoms with Gasteiger partial charge in [0.25, 0.3) is 0 Å². The highest BCUT2D eigenvalue weighted by Crippen LogP contribution is 2.16. The molecule has 1 aromatic heterocycles. The second kappa shape index (κ2) is 11.5. The summed E-state index contributed by atoms with van der Waals surface area (Å²) in [6.45, 7) is 16.6. The van der Waals surface area contributed by atoms with Crippen LogP contribution in [0.4, 0.5) is 15.4 Å². The molecule has 0 atom stereocenters. The quantitative estimate of drug-likeness (QED) is 0.462. The van der Waals surface area contributed by atoms with E-state index in [-0.39, 0.29) is 17.8 Å². The van der Waals surface area contributed by atoms with E-state index in [9.17, 15) is 9.59 Å². The molecular weight excluding hydrogens is 410 g/mol. The van der Waals surface area contributed by atoms with E-state index in [0.29, 0.717) is 31.9 Å². The topological polar surface area (TPSA) is 123 Å². The number of aromatic nitrogens is 2. The van der Waals surface area contributed by atoms with Gasteiger partial charge < -0.3 is 15.0 Å². The fourth-order valence-electron chi connectivity index (χ4n) is 2.77. The fraction of sp³-hybridized carbons (Fsp3) is 0.682. The van der Waals surface area contributed by atoms with Crippen LogP contribution in [-0.2, 0) is 4.74 Å². The van der Waals surface area contributed by atoms with Crippen molar-refractivity contribution < 1.29 is 14.3 Å². The summed E-state index contributed by atoms with van der Waals surface area (Å²) >= 11 is 0. The number of alkyl carbamates (subject to hydrolysis) is 1. The first kappa shape index (κ1) is 26.9. The van der Waals surface area contributed by atoms with Gasteiger partial charge in [0.1, 0.15) is 11.7 Å². The van der Waals surface area contributed by atoms with Crippen LogP contribution in [0.3, 0.4) is 0 Å². The first-order valence-corrected chi connectivity index (χ1v) is 10.8. The van der Waals surface area contributed by atoms with E-state index >= 15 is 0 Å². The molecule has 0 aromatic carbocycles. The van der Waals surface area contributed by atoms with Gasteiger partial charge in [-0.3, -0.25) is 5.01 Å². The van der Waals surface area contributed by atoms with Crippen molar-refractivity contribution in [3.05, 3.63) is 18.1 Å². The van der Waals surface area contributed by atoms with Crippen LogP contribution in [0.25, 0.3) is 0 Å². The maximum Gasteiger partial charge on any atom is 0.407 e. The molecule has 1 heterocycles. The molecule has 1 aromatic rings. The third-order valence-electron chi connectivity index (χ3n) is 4.08. The van der Waals surface area contributed by atoms with Gasteiger partial charge in [-0.2, -0.15) is 10.2 Å². The van der Waals surface area contributed by atoms with Gasteiger partial charge in [0.05, 0.1) is 0 Å². The molecule has 0 saturated carbocycles. The molecule has 0 aliphatic heterocycles. The van der Waals surface area contributed by atoms with Crippen LogP contribution in [0.5, 0.6) is 0 Å². The second-order valence-electron chi connectivity index (χ2n) is 9.88. The molecule has 0 bridgehead atoms. The van der Waals surface area contributed by atoms with E-state index in [4.69, 9.17) is 10.00 Å². The summed E-state index contributed by atoms with van der Waals surface area (Å²) in [4.78, 5) is 34.8. The maximum absolute atomic E-state index is 13.2. The number of anilines is 1. The summed E-state index contributed by atoms with van der Waals surface area (Å²) in [5.74, 6) is 0.711. The summed E-state index contributed by atoms with van der Waals surface area (Å²) in [7, 11) is 0. The molecule has 0 unspecified atom stereocenters. The third kappa shape index (κ3) is 9.81. The highest BCUT2D eigenvalue weighted by molar-refractivity contribution is 5.76. The number of hydrazine groups is 1. The van der Waals surface area contributed by atoms with Gasteiger partial charge in [-0.25, -0.2) is 20.0 Å². The van der Waals surface area contributed by atoms with Crippen molar-refractivity contribution in [3.8, 4) is 6.07 Å². The standard InChI is InChI=1S/C22H37N7O3/c1-16(2)15-29(18-10-12-24-17(14-23)26-18)27-19(30)28(21(3,4)5)13-9-11-25-20(31)32-22(6,7)8/h10,12,16H,9,11,13,15H2,1-8H3,(H,25,31)(H,27,30). The third-order valence-corrected chi connectivity index (χ3v) is 4.08. The van der Waals surface area contributed by atoms with Gasteiger partial charge in [0, 0.05) is 37.4 Å². The number of amides is 3. The number of carbonyl (C=O) groups excluding carboxylic acids is 2. The minimum absolute atomic E-state index is 0.0337. The van der Waals surface area contributed by atoms with E-state index in [1.54, 1.807) is 36.7 Å². The Bertz CT molecular complexity index is 807. The molecule has 2 N–H and O–H groups in total. The Hall–Kier alpha value is -3.09. The second-order valence-corrected chi connectivity index (χ2v) is 9.88. The van der Waals surface area contributed by atoms with Crippen LogP contribution in [0.15, 0.2) is 12.3 Å². The summed E-state index contributed by atoms with van der Waals surface area (Å²) in [5, 5.41) is 13.4. The van der Waals surface area contributed by atoms with Crippen LogP contribution in [0, 0.1) is 17.2 Å². The normalized spacial score (nSPS) is 11.5. The molecule has 0 spiro atoms. The fourth-order valence-corrected chi connectivity index (χ4v) is 2.77. The Balaban J connectivity index is 2.84. The molecular formula is C22H37N7O3. The van der Waals surface area contributed by atoms with Gasteiger partial charge in [0.2, 0.25) is 5.82 Å². The monoisotopic (exact) mass is 447 g/mol. The number of rotatable bonds is 8. The summed E-state index contributed by atoms with van der Waals surface area (Å²) < 4.78 is 5.23. The van der Waals surface area contributed by atoms with Gasteiger partial charge in [-0.05, 0) is 53.9 Å². The van der Waals surface area contributed by atoms with E-state index < -0.39 is 17.2 Å². The van der Waals surface area contributed by atoms with Gasteiger partial charge in [-0.1, -0.05) is 13.8 Å². The average molecular weight is 448 g/mol. The number of ether oxygens (including phenoxy) is 1. The van der Waals surface area contributed by atoms with Crippen LogP contribution in [-0.4, -0.2) is 57.8 Å². The first-order valence-electron chi connectivity index (χ1n) is 10.8. The van der Waals surface area contributed by atoms with Gasteiger partial charge >= 0.3 is 12.1 Å². The molecule has 0 aliphatic carbocycles. The molecule has 3 amide bonds. The number of hydrogen-bond donors (Lipinski definition) is 2. The number of hydrogen-bond acceptors (Lipinski definition) is 7. The van der Waals surface area contributed by atoms with Gasteiger partial charge in [-0.15, -0.1) is 0 Å². The van der Waals surface area contributed by atoms with Crippen LogP contribution in [0.2, 0.25) is 0 Å². The van der Waals surface area contributed by atoms with Crippen LogP contribution >= 0.6 is 0 Å². The number of nitrogens with one attached hydrogen (secondary N) is 2. The molecule has 10 nitrogen and oxygen atoms in total. The lowest BCUT2D eigenvalue weighted by atomic mass is 10.1. The Kier molecular flexibility index (Phi) is 9.69. The lowest BCUT2D eigenvalue weighted by molar-refractivity contribution is 0.0525. The van der Waals surface area contributed by atoms with E-state index in [2.05, 4.69) is 20.7 Å². The highest BCUT2D eigenvalue weighted by atomic mass is 16.6. The number of urea groups is 1. The van der Waals surface area contributed by atoms with Crippen molar-refractivity contribution in [3.63, 3.8) is 0 Å². The molecule has 0 fully saturated rings. The van der Waals surface area contributed by atoms with E-state index in [0.717, 1.165) is 0 Å².